The molecule has 0 bridgehead atoms. The van der Waals surface area contributed by atoms with Gasteiger partial charge in [-0.3, -0.25) is 14.2 Å². The van der Waals surface area contributed by atoms with E-state index < -0.39 is 17.3 Å². The van der Waals surface area contributed by atoms with E-state index in [-0.39, 0.29) is 27.9 Å². The number of rotatable bonds is 5. The molecule has 2 heterocycles. The van der Waals surface area contributed by atoms with Crippen molar-refractivity contribution in [3.63, 3.8) is 0 Å². The van der Waals surface area contributed by atoms with Crippen molar-refractivity contribution in [1.82, 2.24) is 14.5 Å². The van der Waals surface area contributed by atoms with Gasteiger partial charge in [-0.15, -0.1) is 10.2 Å². The molecule has 11 heteroatoms. The van der Waals surface area contributed by atoms with Gasteiger partial charge in [0.05, 0.1) is 27.9 Å². The number of thioether (sulfide) groups is 1. The van der Waals surface area contributed by atoms with Crippen LogP contribution in [0, 0.1) is 5.82 Å². The molecule has 1 amide bonds. The third-order valence-electron chi connectivity index (χ3n) is 5.11. The molecule has 0 spiro atoms. The molecule has 0 aliphatic rings. The van der Waals surface area contributed by atoms with Crippen molar-refractivity contribution in [2.45, 2.75) is 5.16 Å². The van der Waals surface area contributed by atoms with Crippen LogP contribution in [0.25, 0.3) is 27.5 Å². The lowest BCUT2D eigenvalue weighted by molar-refractivity contribution is -0.115. The van der Waals surface area contributed by atoms with Gasteiger partial charge < -0.3 is 10.1 Å². The average Bonchev–Trinajstić information content (AvgIpc) is 3.16. The molecule has 5 rings (SSSR count). The lowest BCUT2D eigenvalue weighted by atomic mass is 10.2. The van der Waals surface area contributed by atoms with E-state index in [2.05, 4.69) is 36.1 Å². The number of amides is 1. The van der Waals surface area contributed by atoms with Gasteiger partial charge in [0, 0.05) is 9.86 Å². The standard InChI is InChI=1S/C24H15BrFN5O3S/c25-13-6-8-18-16(10-13)21(22(33)27-18)30-29-20(32)12-35-24-28-19-9-7-14(26)11-17(19)23(34)31(24)15-4-2-1-3-5-15/h1-11,27,33H,12H2. The Kier molecular flexibility index (Phi) is 6.18. The minimum atomic E-state index is -0.591. The van der Waals surface area contributed by atoms with Gasteiger partial charge in [-0.2, -0.15) is 0 Å². The van der Waals surface area contributed by atoms with Gasteiger partial charge in [-0.1, -0.05) is 45.9 Å². The Bertz CT molecular complexity index is 1680. The molecular formula is C24H15BrFN5O3S. The molecule has 35 heavy (non-hydrogen) atoms. The van der Waals surface area contributed by atoms with E-state index in [1.165, 1.54) is 16.7 Å². The van der Waals surface area contributed by atoms with Crippen molar-refractivity contribution >= 4 is 61.1 Å². The van der Waals surface area contributed by atoms with Crippen LogP contribution >= 0.6 is 27.7 Å². The van der Waals surface area contributed by atoms with Crippen molar-refractivity contribution in [1.29, 1.82) is 0 Å². The molecule has 0 atom stereocenters. The molecule has 2 N–H and O–H groups in total. The number of nitrogens with one attached hydrogen (secondary N) is 1. The fraction of sp³-hybridized carbons (Fsp3) is 0.0417. The Hall–Kier alpha value is -3.83. The van der Waals surface area contributed by atoms with E-state index in [9.17, 15) is 19.1 Å². The number of fused-ring (bicyclic) bond motifs is 2. The van der Waals surface area contributed by atoms with Crippen molar-refractivity contribution in [2.75, 3.05) is 5.75 Å². The van der Waals surface area contributed by atoms with Crippen LogP contribution in [-0.2, 0) is 4.79 Å². The number of aromatic nitrogens is 3. The van der Waals surface area contributed by atoms with Crippen LogP contribution in [0.2, 0.25) is 0 Å². The maximum absolute atomic E-state index is 13.8. The van der Waals surface area contributed by atoms with Crippen molar-refractivity contribution < 1.29 is 14.3 Å². The van der Waals surface area contributed by atoms with Crippen LogP contribution in [0.4, 0.5) is 10.1 Å². The topological polar surface area (TPSA) is 113 Å². The summed E-state index contributed by atoms with van der Waals surface area (Å²) in [7, 11) is 0. The van der Waals surface area contributed by atoms with Gasteiger partial charge in [-0.25, -0.2) is 9.37 Å². The molecule has 0 fully saturated rings. The molecule has 5 aromatic rings. The predicted molar refractivity (Wildman–Crippen MR) is 135 cm³/mol. The molecule has 0 aliphatic carbocycles. The summed E-state index contributed by atoms with van der Waals surface area (Å²) in [5.41, 5.74) is 1.18. The number of nitrogens with zero attached hydrogens (tertiary/aromatic N) is 4. The van der Waals surface area contributed by atoms with Crippen LogP contribution in [0.3, 0.4) is 0 Å². The largest absolute Gasteiger partial charge is 0.493 e. The van der Waals surface area contributed by atoms with Gasteiger partial charge in [0.25, 0.3) is 11.5 Å². The fourth-order valence-corrected chi connectivity index (χ4v) is 4.69. The molecular weight excluding hydrogens is 537 g/mol. The smallest absolute Gasteiger partial charge is 0.275 e. The van der Waals surface area contributed by atoms with E-state index in [0.717, 1.165) is 22.3 Å². The summed E-state index contributed by atoms with van der Waals surface area (Å²) in [4.78, 5) is 33.0. The van der Waals surface area contributed by atoms with E-state index >= 15 is 0 Å². The van der Waals surface area contributed by atoms with E-state index in [1.54, 1.807) is 48.5 Å². The first kappa shape index (κ1) is 22.9. The lowest BCUT2D eigenvalue weighted by Crippen LogP contribution is -2.22. The van der Waals surface area contributed by atoms with Gasteiger partial charge in [0.15, 0.2) is 10.8 Å². The van der Waals surface area contributed by atoms with Crippen molar-refractivity contribution in [3.8, 4) is 11.6 Å². The number of hydrogen-bond acceptors (Lipinski definition) is 6. The number of H-pyrrole nitrogens is 1. The molecule has 0 unspecified atom stereocenters. The fourth-order valence-electron chi connectivity index (χ4n) is 3.54. The monoisotopic (exact) mass is 551 g/mol. The Morgan fingerprint density at radius 2 is 1.91 bits per heavy atom. The first-order valence-corrected chi connectivity index (χ1v) is 12.0. The Labute approximate surface area is 209 Å². The molecule has 8 nitrogen and oxygen atoms in total. The van der Waals surface area contributed by atoms with Gasteiger partial charge in [0.2, 0.25) is 5.88 Å². The van der Waals surface area contributed by atoms with Crippen LogP contribution in [0.1, 0.15) is 0 Å². The molecule has 0 aliphatic heterocycles. The summed E-state index contributed by atoms with van der Waals surface area (Å²) in [5.74, 6) is -1.50. The molecule has 2 aromatic heterocycles. The summed E-state index contributed by atoms with van der Waals surface area (Å²) in [5, 5.41) is 18.8. The Morgan fingerprint density at radius 1 is 1.11 bits per heavy atom. The highest BCUT2D eigenvalue weighted by atomic mass is 79.9. The number of para-hydroxylation sites is 1. The van der Waals surface area contributed by atoms with Gasteiger partial charge >= 0.3 is 0 Å². The first-order chi connectivity index (χ1) is 16.9. The van der Waals surface area contributed by atoms with E-state index in [4.69, 9.17) is 0 Å². The number of carbonyl (C=O) groups excluding carboxylic acids is 1. The molecule has 3 aromatic carbocycles. The Balaban J connectivity index is 1.46. The number of aromatic amines is 1. The zero-order valence-corrected chi connectivity index (χ0v) is 20.2. The van der Waals surface area contributed by atoms with E-state index in [0.29, 0.717) is 22.1 Å². The molecule has 0 saturated heterocycles. The predicted octanol–water partition coefficient (Wildman–Crippen LogP) is 5.88. The summed E-state index contributed by atoms with van der Waals surface area (Å²) in [6.07, 6.45) is 0. The summed E-state index contributed by atoms with van der Waals surface area (Å²) in [6.45, 7) is 0. The minimum Gasteiger partial charge on any atom is -0.493 e. The van der Waals surface area contributed by atoms with Crippen LogP contribution in [-0.4, -0.2) is 31.3 Å². The third kappa shape index (κ3) is 4.60. The highest BCUT2D eigenvalue weighted by Gasteiger charge is 2.16. The zero-order chi connectivity index (χ0) is 24.5. The van der Waals surface area contributed by atoms with Gasteiger partial charge in [-0.05, 0) is 48.5 Å². The molecule has 0 saturated carbocycles. The number of carbonyl (C=O) groups is 1. The summed E-state index contributed by atoms with van der Waals surface area (Å²) < 4.78 is 15.9. The zero-order valence-electron chi connectivity index (χ0n) is 17.8. The molecule has 174 valence electrons. The summed E-state index contributed by atoms with van der Waals surface area (Å²) in [6, 6.07) is 17.9. The summed E-state index contributed by atoms with van der Waals surface area (Å²) >= 11 is 4.37. The number of hydrogen-bond donors (Lipinski definition) is 2. The van der Waals surface area contributed by atoms with Crippen LogP contribution in [0.5, 0.6) is 5.88 Å². The maximum atomic E-state index is 13.8. The second-order valence-corrected chi connectivity index (χ2v) is 9.28. The number of azo groups is 1. The first-order valence-electron chi connectivity index (χ1n) is 10.3. The van der Waals surface area contributed by atoms with Crippen LogP contribution < -0.4 is 5.56 Å². The number of halogens is 2. The minimum absolute atomic E-state index is 0.130. The second-order valence-electron chi connectivity index (χ2n) is 7.43. The highest BCUT2D eigenvalue weighted by molar-refractivity contribution is 9.10. The van der Waals surface area contributed by atoms with Crippen molar-refractivity contribution in [2.24, 2.45) is 10.2 Å². The highest BCUT2D eigenvalue weighted by Crippen LogP contribution is 2.37. The third-order valence-corrected chi connectivity index (χ3v) is 6.53. The van der Waals surface area contributed by atoms with E-state index in [1.807, 2.05) is 0 Å². The lowest BCUT2D eigenvalue weighted by Gasteiger charge is -2.12. The number of benzene rings is 3. The van der Waals surface area contributed by atoms with Crippen molar-refractivity contribution in [3.05, 3.63) is 87.4 Å². The van der Waals surface area contributed by atoms with Crippen LogP contribution in [0.15, 0.2) is 91.4 Å². The maximum Gasteiger partial charge on any atom is 0.275 e. The second kappa shape index (κ2) is 9.43. The molecule has 0 radical (unpaired) electrons. The Morgan fingerprint density at radius 3 is 2.71 bits per heavy atom. The quantitative estimate of drug-likeness (QED) is 0.161. The number of aromatic hydroxyl groups is 1. The van der Waals surface area contributed by atoms with Gasteiger partial charge in [0.1, 0.15) is 5.82 Å². The normalized spacial score (nSPS) is 11.6. The SMILES string of the molecule is O=C(CSc1nc2ccc(F)cc2c(=O)n1-c1ccccc1)N=Nc1c(O)[nH]c2ccc(Br)cc12. The average molecular weight is 552 g/mol.